The number of methoxy groups -OCH3 is 2. The Morgan fingerprint density at radius 1 is 0.818 bits per heavy atom. The van der Waals surface area contributed by atoms with Crippen molar-refractivity contribution in [3.8, 4) is 0 Å². The molecule has 2 atom stereocenters. The van der Waals surface area contributed by atoms with Crippen molar-refractivity contribution in [2.45, 2.75) is 12.2 Å². The molecule has 22 heavy (non-hydrogen) atoms. The SMILES string of the molecule is COC(CSSCC(OC)c1ccccn1)c1ccccn1. The average molecular weight is 336 g/mol. The molecule has 0 aliphatic carbocycles. The van der Waals surface area contributed by atoms with Crippen LogP contribution in [0.15, 0.2) is 48.8 Å². The smallest absolute Gasteiger partial charge is 0.109 e. The number of rotatable bonds is 9. The van der Waals surface area contributed by atoms with Crippen LogP contribution in [0.1, 0.15) is 23.6 Å². The molecule has 0 aliphatic rings. The summed E-state index contributed by atoms with van der Waals surface area (Å²) in [5.41, 5.74) is 1.93. The fraction of sp³-hybridized carbons (Fsp3) is 0.375. The Labute approximate surface area is 139 Å². The number of hydrogen-bond donors (Lipinski definition) is 0. The molecule has 0 aromatic carbocycles. The van der Waals surface area contributed by atoms with Gasteiger partial charge in [0.1, 0.15) is 12.2 Å². The number of pyridine rings is 2. The van der Waals surface area contributed by atoms with Gasteiger partial charge in [0.2, 0.25) is 0 Å². The summed E-state index contributed by atoms with van der Waals surface area (Å²) in [5, 5.41) is 0. The first-order valence-corrected chi connectivity index (χ1v) is 9.45. The second kappa shape index (κ2) is 9.84. The van der Waals surface area contributed by atoms with Crippen molar-refractivity contribution >= 4 is 21.6 Å². The van der Waals surface area contributed by atoms with Crippen molar-refractivity contribution in [2.75, 3.05) is 25.7 Å². The number of nitrogens with zero attached hydrogens (tertiary/aromatic N) is 2. The van der Waals surface area contributed by atoms with Crippen molar-refractivity contribution in [2.24, 2.45) is 0 Å². The largest absolute Gasteiger partial charge is 0.374 e. The standard InChI is InChI=1S/C16H20N2O2S2/c1-19-15(13-7-3-5-9-17-13)11-21-22-12-16(20-2)14-8-4-6-10-18-14/h3-10,15-16H,11-12H2,1-2H3. The average Bonchev–Trinajstić information content (AvgIpc) is 2.60. The third-order valence-corrected chi connectivity index (χ3v) is 5.49. The van der Waals surface area contributed by atoms with E-state index in [9.17, 15) is 0 Å². The molecule has 2 heterocycles. The van der Waals surface area contributed by atoms with Crippen LogP contribution in [0, 0.1) is 0 Å². The minimum Gasteiger partial charge on any atom is -0.374 e. The summed E-state index contributed by atoms with van der Waals surface area (Å²) < 4.78 is 11.0. The topological polar surface area (TPSA) is 44.2 Å². The van der Waals surface area contributed by atoms with Gasteiger partial charge >= 0.3 is 0 Å². The summed E-state index contributed by atoms with van der Waals surface area (Å²) in [6.07, 6.45) is 3.60. The maximum atomic E-state index is 5.51. The van der Waals surface area contributed by atoms with Gasteiger partial charge in [-0.3, -0.25) is 9.97 Å². The zero-order valence-electron chi connectivity index (χ0n) is 12.7. The predicted octanol–water partition coefficient (Wildman–Crippen LogP) is 3.93. The van der Waals surface area contributed by atoms with Gasteiger partial charge in [0.25, 0.3) is 0 Å². The van der Waals surface area contributed by atoms with Gasteiger partial charge in [-0.1, -0.05) is 33.7 Å². The van der Waals surface area contributed by atoms with E-state index in [1.807, 2.05) is 36.4 Å². The maximum absolute atomic E-state index is 5.51. The third-order valence-electron chi connectivity index (χ3n) is 3.13. The molecule has 0 N–H and O–H groups in total. The molecular formula is C16H20N2O2S2. The zero-order chi connectivity index (χ0) is 15.6. The molecule has 0 saturated carbocycles. The van der Waals surface area contributed by atoms with Crippen molar-refractivity contribution < 1.29 is 9.47 Å². The van der Waals surface area contributed by atoms with E-state index >= 15 is 0 Å². The van der Waals surface area contributed by atoms with Gasteiger partial charge in [-0.05, 0) is 24.3 Å². The van der Waals surface area contributed by atoms with Gasteiger partial charge in [-0.2, -0.15) is 0 Å². The van der Waals surface area contributed by atoms with Crippen molar-refractivity contribution in [3.63, 3.8) is 0 Å². The molecule has 0 radical (unpaired) electrons. The highest BCUT2D eigenvalue weighted by atomic mass is 33.1. The number of aromatic nitrogens is 2. The van der Waals surface area contributed by atoms with Crippen LogP contribution in [0.3, 0.4) is 0 Å². The molecule has 2 unspecified atom stereocenters. The molecule has 2 rings (SSSR count). The van der Waals surface area contributed by atoms with Gasteiger partial charge in [0, 0.05) is 38.1 Å². The van der Waals surface area contributed by atoms with Crippen molar-refractivity contribution in [1.82, 2.24) is 9.97 Å². The van der Waals surface area contributed by atoms with E-state index in [0.717, 1.165) is 22.9 Å². The Hall–Kier alpha value is -1.08. The summed E-state index contributed by atoms with van der Waals surface area (Å²) in [6, 6.07) is 11.8. The van der Waals surface area contributed by atoms with Crippen LogP contribution < -0.4 is 0 Å². The van der Waals surface area contributed by atoms with E-state index in [1.165, 1.54) is 0 Å². The van der Waals surface area contributed by atoms with Crippen LogP contribution in [0.5, 0.6) is 0 Å². The van der Waals surface area contributed by atoms with E-state index in [0.29, 0.717) is 0 Å². The van der Waals surface area contributed by atoms with E-state index in [-0.39, 0.29) is 12.2 Å². The molecule has 0 spiro atoms. The molecule has 6 heteroatoms. The summed E-state index contributed by atoms with van der Waals surface area (Å²) in [7, 11) is 6.96. The van der Waals surface area contributed by atoms with E-state index in [2.05, 4.69) is 9.97 Å². The Balaban J connectivity index is 1.78. The van der Waals surface area contributed by atoms with E-state index in [4.69, 9.17) is 9.47 Å². The first-order valence-electron chi connectivity index (χ1n) is 6.97. The molecule has 118 valence electrons. The summed E-state index contributed by atoms with van der Waals surface area (Å²) in [5.74, 6) is 1.69. The fourth-order valence-corrected chi connectivity index (χ4v) is 4.27. The second-order valence-corrected chi connectivity index (χ2v) is 7.08. The highest BCUT2D eigenvalue weighted by Gasteiger charge is 2.14. The van der Waals surface area contributed by atoms with Crippen LogP contribution in [-0.4, -0.2) is 35.7 Å². The van der Waals surface area contributed by atoms with Crippen LogP contribution in [0.25, 0.3) is 0 Å². The fourth-order valence-electron chi connectivity index (χ4n) is 1.90. The lowest BCUT2D eigenvalue weighted by Crippen LogP contribution is -2.07. The van der Waals surface area contributed by atoms with Crippen LogP contribution in [0.2, 0.25) is 0 Å². The summed E-state index contributed by atoms with van der Waals surface area (Å²) >= 11 is 0. The second-order valence-electron chi connectivity index (χ2n) is 4.53. The van der Waals surface area contributed by atoms with Gasteiger partial charge in [0.15, 0.2) is 0 Å². The normalized spacial score (nSPS) is 13.7. The molecule has 0 amide bonds. The van der Waals surface area contributed by atoms with Crippen LogP contribution in [-0.2, 0) is 9.47 Å². The van der Waals surface area contributed by atoms with Crippen molar-refractivity contribution in [3.05, 3.63) is 60.2 Å². The number of hydrogen-bond acceptors (Lipinski definition) is 6. The lowest BCUT2D eigenvalue weighted by Gasteiger charge is -2.16. The van der Waals surface area contributed by atoms with Crippen molar-refractivity contribution in [1.29, 1.82) is 0 Å². The van der Waals surface area contributed by atoms with E-state index < -0.39 is 0 Å². The molecule has 4 nitrogen and oxygen atoms in total. The van der Waals surface area contributed by atoms with Gasteiger partial charge in [0.05, 0.1) is 11.4 Å². The van der Waals surface area contributed by atoms with Crippen LogP contribution >= 0.6 is 21.6 Å². The molecule has 2 aromatic rings. The monoisotopic (exact) mass is 336 g/mol. The predicted molar refractivity (Wildman–Crippen MR) is 92.9 cm³/mol. The zero-order valence-corrected chi connectivity index (χ0v) is 14.3. The molecule has 0 aliphatic heterocycles. The molecule has 0 fully saturated rings. The quantitative estimate of drug-likeness (QED) is 0.510. The maximum Gasteiger partial charge on any atom is 0.109 e. The highest BCUT2D eigenvalue weighted by Crippen LogP contribution is 2.32. The molecule has 0 bridgehead atoms. The van der Waals surface area contributed by atoms with Gasteiger partial charge < -0.3 is 9.47 Å². The molecule has 0 saturated heterocycles. The third kappa shape index (κ3) is 5.28. The Morgan fingerprint density at radius 2 is 1.27 bits per heavy atom. The van der Waals surface area contributed by atoms with E-state index in [1.54, 1.807) is 48.2 Å². The molecular weight excluding hydrogens is 316 g/mol. The first-order chi connectivity index (χ1) is 10.8. The Morgan fingerprint density at radius 3 is 1.59 bits per heavy atom. The summed E-state index contributed by atoms with van der Waals surface area (Å²) in [4.78, 5) is 8.69. The Kier molecular flexibility index (Phi) is 7.73. The summed E-state index contributed by atoms with van der Waals surface area (Å²) in [6.45, 7) is 0. The lowest BCUT2D eigenvalue weighted by atomic mass is 10.2. The number of ether oxygens (including phenoxy) is 2. The van der Waals surface area contributed by atoms with Gasteiger partial charge in [-0.15, -0.1) is 0 Å². The Bertz CT molecular complexity index is 479. The molecule has 2 aromatic heterocycles. The van der Waals surface area contributed by atoms with Gasteiger partial charge in [-0.25, -0.2) is 0 Å². The lowest BCUT2D eigenvalue weighted by molar-refractivity contribution is 0.119. The minimum atomic E-state index is 0.00884. The minimum absolute atomic E-state index is 0.00884. The van der Waals surface area contributed by atoms with Crippen LogP contribution in [0.4, 0.5) is 0 Å². The first kappa shape index (κ1) is 17.3. The highest BCUT2D eigenvalue weighted by molar-refractivity contribution is 8.76.